The second-order valence-corrected chi connectivity index (χ2v) is 8.34. The van der Waals surface area contributed by atoms with Crippen molar-refractivity contribution in [2.24, 2.45) is 0 Å². The van der Waals surface area contributed by atoms with E-state index in [1.54, 1.807) is 0 Å². The summed E-state index contributed by atoms with van der Waals surface area (Å²) >= 11 is 0. The molecule has 2 rings (SSSR count). The van der Waals surface area contributed by atoms with E-state index in [9.17, 15) is 0 Å². The largest absolute Gasteiger partial charge is 0.379 e. The van der Waals surface area contributed by atoms with Gasteiger partial charge in [0, 0.05) is 43.1 Å². The normalized spacial score (nSPS) is 17.3. The van der Waals surface area contributed by atoms with Gasteiger partial charge in [-0.2, -0.15) is 0 Å². The maximum Gasteiger partial charge on any atom is 0.136 e. The Hall–Kier alpha value is -1.20. The van der Waals surface area contributed by atoms with Crippen LogP contribution in [0.3, 0.4) is 0 Å². The van der Waals surface area contributed by atoms with Crippen LogP contribution in [0.25, 0.3) is 0 Å². The monoisotopic (exact) mass is 320 g/mol. The summed E-state index contributed by atoms with van der Waals surface area (Å²) in [5.41, 5.74) is 1.05. The lowest BCUT2D eigenvalue weighted by Gasteiger charge is -2.27. The number of rotatable bonds is 4. The van der Waals surface area contributed by atoms with Gasteiger partial charge in [-0.1, -0.05) is 41.5 Å². The third-order valence-corrected chi connectivity index (χ3v) is 4.00. The molecule has 0 bridgehead atoms. The lowest BCUT2D eigenvalue weighted by molar-refractivity contribution is 0.0398. The number of ether oxygens (including phenoxy) is 1. The number of anilines is 1. The van der Waals surface area contributed by atoms with Gasteiger partial charge in [-0.15, -0.1) is 0 Å². The van der Waals surface area contributed by atoms with E-state index in [1.165, 1.54) is 0 Å². The molecule has 130 valence electrons. The fourth-order valence-corrected chi connectivity index (χ4v) is 2.42. The van der Waals surface area contributed by atoms with Crippen molar-refractivity contribution in [1.82, 2.24) is 14.9 Å². The van der Waals surface area contributed by atoms with Crippen LogP contribution in [0.15, 0.2) is 6.07 Å². The van der Waals surface area contributed by atoms with Crippen molar-refractivity contribution in [3.63, 3.8) is 0 Å². The molecule has 1 aromatic heterocycles. The van der Waals surface area contributed by atoms with E-state index in [1.807, 2.05) is 0 Å². The minimum atomic E-state index is -0.0537. The second-order valence-electron chi connectivity index (χ2n) is 8.34. The molecule has 0 aromatic carbocycles. The molecular formula is C18H32N4O. The lowest BCUT2D eigenvalue weighted by Crippen LogP contribution is -2.39. The Morgan fingerprint density at radius 1 is 1.04 bits per heavy atom. The van der Waals surface area contributed by atoms with Crippen molar-refractivity contribution in [3.05, 3.63) is 17.6 Å². The van der Waals surface area contributed by atoms with E-state index in [4.69, 9.17) is 14.7 Å². The molecule has 0 atom stereocenters. The van der Waals surface area contributed by atoms with Crippen molar-refractivity contribution in [3.8, 4) is 0 Å². The quantitative estimate of drug-likeness (QED) is 0.924. The molecule has 1 N–H and O–H groups in total. The molecule has 5 nitrogen and oxygen atoms in total. The van der Waals surface area contributed by atoms with Gasteiger partial charge in [-0.3, -0.25) is 4.90 Å². The van der Waals surface area contributed by atoms with Crippen LogP contribution in [0.1, 0.15) is 53.1 Å². The molecule has 1 aliphatic heterocycles. The smallest absolute Gasteiger partial charge is 0.136 e. The summed E-state index contributed by atoms with van der Waals surface area (Å²) in [5.74, 6) is 1.84. The fourth-order valence-electron chi connectivity index (χ4n) is 2.42. The number of hydrogen-bond donors (Lipinski definition) is 1. The molecule has 1 fully saturated rings. The van der Waals surface area contributed by atoms with Crippen LogP contribution in [-0.4, -0.2) is 54.3 Å². The molecule has 1 saturated heterocycles. The van der Waals surface area contributed by atoms with E-state index in [2.05, 4.69) is 57.8 Å². The third kappa shape index (κ3) is 5.43. The van der Waals surface area contributed by atoms with Gasteiger partial charge in [-0.05, 0) is 0 Å². The molecule has 5 heteroatoms. The number of nitrogens with zero attached hydrogens (tertiary/aromatic N) is 3. The van der Waals surface area contributed by atoms with Gasteiger partial charge in [0.15, 0.2) is 0 Å². The van der Waals surface area contributed by atoms with E-state index >= 15 is 0 Å². The maximum absolute atomic E-state index is 5.39. The average Bonchev–Trinajstić information content (AvgIpc) is 2.46. The summed E-state index contributed by atoms with van der Waals surface area (Å²) in [6.07, 6.45) is 0. The molecular weight excluding hydrogens is 288 g/mol. The summed E-state index contributed by atoms with van der Waals surface area (Å²) in [6, 6.07) is 2.09. The number of hydrogen-bond acceptors (Lipinski definition) is 5. The zero-order valence-electron chi connectivity index (χ0n) is 15.6. The first-order valence-electron chi connectivity index (χ1n) is 8.60. The molecule has 1 aromatic rings. The zero-order valence-corrected chi connectivity index (χ0v) is 15.6. The highest BCUT2D eigenvalue weighted by atomic mass is 16.5. The minimum absolute atomic E-state index is 0.0174. The predicted molar refractivity (Wildman–Crippen MR) is 95.2 cm³/mol. The van der Waals surface area contributed by atoms with Crippen molar-refractivity contribution < 1.29 is 4.74 Å². The molecule has 0 spiro atoms. The number of aromatic nitrogens is 2. The van der Waals surface area contributed by atoms with Gasteiger partial charge in [0.05, 0.1) is 18.9 Å². The van der Waals surface area contributed by atoms with E-state index < -0.39 is 0 Å². The summed E-state index contributed by atoms with van der Waals surface area (Å²) < 4.78 is 5.39. The fraction of sp³-hybridized carbons (Fsp3) is 0.778. The Kier molecular flexibility index (Phi) is 5.63. The highest BCUT2D eigenvalue weighted by Gasteiger charge is 2.23. The first-order valence-corrected chi connectivity index (χ1v) is 8.60. The van der Waals surface area contributed by atoms with Gasteiger partial charge in [0.1, 0.15) is 11.6 Å². The van der Waals surface area contributed by atoms with Gasteiger partial charge >= 0.3 is 0 Å². The first-order chi connectivity index (χ1) is 10.7. The van der Waals surface area contributed by atoms with Gasteiger partial charge in [0.2, 0.25) is 0 Å². The topological polar surface area (TPSA) is 50.3 Å². The van der Waals surface area contributed by atoms with Gasteiger partial charge in [0.25, 0.3) is 0 Å². The van der Waals surface area contributed by atoms with Crippen molar-refractivity contribution in [2.75, 3.05) is 44.7 Å². The highest BCUT2D eigenvalue weighted by molar-refractivity contribution is 5.39. The maximum atomic E-state index is 5.39. The van der Waals surface area contributed by atoms with Crippen LogP contribution >= 0.6 is 0 Å². The van der Waals surface area contributed by atoms with Crippen LogP contribution in [0.4, 0.5) is 5.82 Å². The molecule has 0 radical (unpaired) electrons. The number of nitrogens with one attached hydrogen (secondary N) is 1. The molecule has 0 saturated carbocycles. The van der Waals surface area contributed by atoms with E-state index in [0.717, 1.165) is 56.7 Å². The van der Waals surface area contributed by atoms with Crippen LogP contribution in [0.2, 0.25) is 0 Å². The summed E-state index contributed by atoms with van der Waals surface area (Å²) in [6.45, 7) is 18.7. The Balaban J connectivity index is 2.07. The molecule has 0 unspecified atom stereocenters. The standard InChI is InChI=1S/C18H32N4O/c1-17(2,3)14-13-15(21-16(20-14)18(4,5)6)19-7-8-22-9-11-23-12-10-22/h13H,7-12H2,1-6H3,(H,19,20,21). The number of morpholine rings is 1. The molecule has 0 amide bonds. The SMILES string of the molecule is CC(C)(C)c1cc(NCCN2CCOCC2)nc(C(C)(C)C)n1. The van der Waals surface area contributed by atoms with Crippen LogP contribution in [0, 0.1) is 0 Å². The summed E-state index contributed by atoms with van der Waals surface area (Å²) in [7, 11) is 0. The van der Waals surface area contributed by atoms with E-state index in [-0.39, 0.29) is 10.8 Å². The highest BCUT2D eigenvalue weighted by Crippen LogP contribution is 2.26. The third-order valence-electron chi connectivity index (χ3n) is 4.00. The zero-order chi connectivity index (χ0) is 17.1. The predicted octanol–water partition coefficient (Wildman–Crippen LogP) is 2.82. The lowest BCUT2D eigenvalue weighted by atomic mass is 9.90. The van der Waals surface area contributed by atoms with Crippen LogP contribution in [0.5, 0.6) is 0 Å². The Morgan fingerprint density at radius 2 is 1.70 bits per heavy atom. The Bertz CT molecular complexity index is 478. The first kappa shape index (κ1) is 18.1. The Morgan fingerprint density at radius 3 is 2.26 bits per heavy atom. The van der Waals surface area contributed by atoms with Crippen molar-refractivity contribution in [2.45, 2.75) is 52.4 Å². The van der Waals surface area contributed by atoms with Gasteiger partial charge in [-0.25, -0.2) is 9.97 Å². The minimum Gasteiger partial charge on any atom is -0.379 e. The Labute approximate surface area is 140 Å². The van der Waals surface area contributed by atoms with Crippen LogP contribution < -0.4 is 5.32 Å². The summed E-state index contributed by atoms with van der Waals surface area (Å²) in [4.78, 5) is 12.0. The van der Waals surface area contributed by atoms with Crippen molar-refractivity contribution >= 4 is 5.82 Å². The molecule has 1 aliphatic rings. The second kappa shape index (κ2) is 7.14. The average molecular weight is 320 g/mol. The van der Waals surface area contributed by atoms with Gasteiger partial charge < -0.3 is 10.1 Å². The molecule has 2 heterocycles. The molecule has 0 aliphatic carbocycles. The summed E-state index contributed by atoms with van der Waals surface area (Å²) in [5, 5.41) is 3.48. The van der Waals surface area contributed by atoms with Crippen LogP contribution in [-0.2, 0) is 15.6 Å². The van der Waals surface area contributed by atoms with Crippen molar-refractivity contribution in [1.29, 1.82) is 0 Å². The molecule has 23 heavy (non-hydrogen) atoms. The van der Waals surface area contributed by atoms with E-state index in [0.29, 0.717) is 0 Å².